The fourth-order valence-electron chi connectivity index (χ4n) is 3.38. The van der Waals surface area contributed by atoms with Gasteiger partial charge in [0.25, 0.3) is 0 Å². The minimum atomic E-state index is -1.19. The lowest BCUT2D eigenvalue weighted by molar-refractivity contribution is 0.0689. The highest BCUT2D eigenvalue weighted by Crippen LogP contribution is 2.18. The number of benzene rings is 1. The number of carbonyl (C=O) groups is 1. The number of anilines is 1. The average molecular weight is 480 g/mol. The van der Waals surface area contributed by atoms with E-state index in [-0.39, 0.29) is 36.7 Å². The van der Waals surface area contributed by atoms with Crippen LogP contribution in [0.5, 0.6) is 5.88 Å². The molecule has 4 rings (SSSR count). The zero-order chi connectivity index (χ0) is 24.9. The largest absolute Gasteiger partial charge is 0.476 e. The maximum atomic E-state index is 13.3. The lowest BCUT2D eigenvalue weighted by Gasteiger charge is -2.21. The first kappa shape index (κ1) is 23.5. The van der Waals surface area contributed by atoms with Gasteiger partial charge in [-0.15, -0.1) is 10.2 Å². The van der Waals surface area contributed by atoms with Crippen LogP contribution in [-0.2, 0) is 13.1 Å². The number of carboxylic acids is 1. The van der Waals surface area contributed by atoms with E-state index in [2.05, 4.69) is 20.5 Å². The highest BCUT2D eigenvalue weighted by atomic mass is 19.1. The van der Waals surface area contributed by atoms with Crippen LogP contribution in [0.25, 0.3) is 0 Å². The van der Waals surface area contributed by atoms with E-state index < -0.39 is 23.2 Å². The molecule has 1 unspecified atom stereocenters. The minimum absolute atomic E-state index is 0.0940. The summed E-state index contributed by atoms with van der Waals surface area (Å²) >= 11 is 0. The molecule has 1 aromatic carbocycles. The molecule has 1 atom stereocenters. The van der Waals surface area contributed by atoms with Crippen LogP contribution in [-0.4, -0.2) is 41.4 Å². The summed E-state index contributed by atoms with van der Waals surface area (Å²) in [6, 6.07) is 8.10. The van der Waals surface area contributed by atoms with Crippen LogP contribution >= 0.6 is 0 Å². The predicted octanol–water partition coefficient (Wildman–Crippen LogP) is 1.80. The summed E-state index contributed by atoms with van der Waals surface area (Å²) in [6.07, 6.45) is 5.65. The van der Waals surface area contributed by atoms with Crippen molar-refractivity contribution in [2.24, 2.45) is 0 Å². The second-order valence-electron chi connectivity index (χ2n) is 7.57. The quantitative estimate of drug-likeness (QED) is 0.494. The molecule has 0 radical (unpaired) electrons. The summed E-state index contributed by atoms with van der Waals surface area (Å²) in [5.41, 5.74) is -0.719. The Morgan fingerprint density at radius 1 is 1.17 bits per heavy atom. The van der Waals surface area contributed by atoms with Gasteiger partial charge >= 0.3 is 17.3 Å². The van der Waals surface area contributed by atoms with E-state index >= 15 is 0 Å². The Balaban J connectivity index is 1.51. The molecule has 2 aromatic heterocycles. The lowest BCUT2D eigenvalue weighted by Crippen LogP contribution is -2.43. The number of hydrogen-bond donors (Lipinski definition) is 2. The SMILES string of the molecule is CCn1c(=O)nc(NC2C=CC(Oc3ccc(C(=O)O)nn3)=CC2)n(Cc2ccc(F)cc2)c1=O. The molecule has 180 valence electrons. The molecule has 3 aromatic rings. The summed E-state index contributed by atoms with van der Waals surface area (Å²) in [5, 5.41) is 19.3. The predicted molar refractivity (Wildman–Crippen MR) is 123 cm³/mol. The topological polar surface area (TPSA) is 141 Å². The number of nitrogens with zero attached hydrogens (tertiary/aromatic N) is 5. The van der Waals surface area contributed by atoms with Gasteiger partial charge in [-0.05, 0) is 49.3 Å². The van der Waals surface area contributed by atoms with Gasteiger partial charge in [-0.2, -0.15) is 4.98 Å². The van der Waals surface area contributed by atoms with Crippen LogP contribution < -0.4 is 21.4 Å². The lowest BCUT2D eigenvalue weighted by atomic mass is 10.1. The van der Waals surface area contributed by atoms with Crippen LogP contribution in [0.2, 0.25) is 0 Å². The van der Waals surface area contributed by atoms with Gasteiger partial charge in [-0.3, -0.25) is 4.57 Å². The van der Waals surface area contributed by atoms with Crippen molar-refractivity contribution < 1.29 is 19.0 Å². The fraction of sp³-hybridized carbons (Fsp3) is 0.217. The molecule has 11 nitrogen and oxygen atoms in total. The van der Waals surface area contributed by atoms with E-state index in [1.165, 1.54) is 28.8 Å². The monoisotopic (exact) mass is 480 g/mol. The van der Waals surface area contributed by atoms with Crippen molar-refractivity contribution >= 4 is 11.9 Å². The van der Waals surface area contributed by atoms with Gasteiger partial charge in [-0.25, -0.2) is 23.3 Å². The molecule has 0 amide bonds. The molecule has 1 aliphatic rings. The van der Waals surface area contributed by atoms with Gasteiger partial charge in [0.2, 0.25) is 11.8 Å². The van der Waals surface area contributed by atoms with Crippen LogP contribution in [0.1, 0.15) is 29.4 Å². The molecular weight excluding hydrogens is 459 g/mol. The molecule has 0 fully saturated rings. The van der Waals surface area contributed by atoms with Gasteiger partial charge in [-0.1, -0.05) is 18.2 Å². The molecule has 2 N–H and O–H groups in total. The fourth-order valence-corrected chi connectivity index (χ4v) is 3.38. The molecule has 1 aliphatic carbocycles. The Kier molecular flexibility index (Phi) is 6.81. The van der Waals surface area contributed by atoms with Gasteiger partial charge < -0.3 is 15.2 Å². The first-order valence-corrected chi connectivity index (χ1v) is 10.7. The summed E-state index contributed by atoms with van der Waals surface area (Å²) in [4.78, 5) is 40.2. The third-order valence-corrected chi connectivity index (χ3v) is 5.18. The molecule has 0 spiro atoms. The van der Waals surface area contributed by atoms with Crippen LogP contribution in [0.15, 0.2) is 70.0 Å². The van der Waals surface area contributed by atoms with E-state index in [4.69, 9.17) is 9.84 Å². The number of allylic oxidation sites excluding steroid dienone is 1. The van der Waals surface area contributed by atoms with E-state index in [1.54, 1.807) is 37.3 Å². The molecule has 2 heterocycles. The summed E-state index contributed by atoms with van der Waals surface area (Å²) in [5.74, 6) is -0.879. The number of nitrogens with one attached hydrogen (secondary N) is 1. The molecule has 0 saturated heterocycles. The molecule has 0 bridgehead atoms. The van der Waals surface area contributed by atoms with Gasteiger partial charge in [0.15, 0.2) is 5.69 Å². The number of halogens is 1. The van der Waals surface area contributed by atoms with Crippen molar-refractivity contribution in [1.82, 2.24) is 24.3 Å². The minimum Gasteiger partial charge on any atom is -0.476 e. The Morgan fingerprint density at radius 3 is 2.54 bits per heavy atom. The van der Waals surface area contributed by atoms with Crippen molar-refractivity contribution in [2.45, 2.75) is 32.5 Å². The van der Waals surface area contributed by atoms with E-state index in [9.17, 15) is 18.8 Å². The third-order valence-electron chi connectivity index (χ3n) is 5.18. The molecular formula is C23H21FN6O5. The summed E-state index contributed by atoms with van der Waals surface area (Å²) in [6.45, 7) is 1.94. The number of ether oxygens (including phenoxy) is 1. The standard InChI is InChI=1S/C23H21FN6O5/c1-2-29-22(33)26-21(30(23(29)34)13-14-3-5-15(24)6-4-14)25-16-7-9-17(10-8-16)35-19-12-11-18(20(31)32)27-28-19/h3-7,9-12,16H,2,8,13H2,1H3,(H,31,32)(H,25,26,33). The Labute approximate surface area is 197 Å². The van der Waals surface area contributed by atoms with Crippen molar-refractivity contribution in [1.29, 1.82) is 0 Å². The second kappa shape index (κ2) is 10.1. The zero-order valence-corrected chi connectivity index (χ0v) is 18.6. The Morgan fingerprint density at radius 2 is 1.94 bits per heavy atom. The third kappa shape index (κ3) is 5.49. The van der Waals surface area contributed by atoms with E-state index in [1.807, 2.05) is 0 Å². The van der Waals surface area contributed by atoms with Crippen molar-refractivity contribution in [3.8, 4) is 5.88 Å². The Hall–Kier alpha value is -4.61. The number of rotatable bonds is 8. The number of aromatic carboxylic acids is 1. The first-order chi connectivity index (χ1) is 16.8. The molecule has 0 aliphatic heterocycles. The maximum absolute atomic E-state index is 13.3. The van der Waals surface area contributed by atoms with Crippen molar-refractivity contribution in [3.05, 3.63) is 98.4 Å². The number of carboxylic acid groups (broad SMARTS) is 1. The molecule has 12 heteroatoms. The average Bonchev–Trinajstić information content (AvgIpc) is 2.84. The second-order valence-corrected chi connectivity index (χ2v) is 7.57. The van der Waals surface area contributed by atoms with E-state index in [0.29, 0.717) is 17.7 Å². The van der Waals surface area contributed by atoms with Gasteiger partial charge in [0, 0.05) is 12.6 Å². The van der Waals surface area contributed by atoms with Crippen LogP contribution in [0, 0.1) is 5.82 Å². The van der Waals surface area contributed by atoms with Gasteiger partial charge in [0.1, 0.15) is 11.6 Å². The summed E-state index contributed by atoms with van der Waals surface area (Å²) in [7, 11) is 0. The zero-order valence-electron chi connectivity index (χ0n) is 18.6. The first-order valence-electron chi connectivity index (χ1n) is 10.7. The highest BCUT2D eigenvalue weighted by molar-refractivity contribution is 5.84. The summed E-state index contributed by atoms with van der Waals surface area (Å²) < 4.78 is 21.2. The van der Waals surface area contributed by atoms with Crippen molar-refractivity contribution in [2.75, 3.05) is 5.32 Å². The molecule has 0 saturated carbocycles. The highest BCUT2D eigenvalue weighted by Gasteiger charge is 2.17. The van der Waals surface area contributed by atoms with Crippen LogP contribution in [0.4, 0.5) is 10.3 Å². The van der Waals surface area contributed by atoms with Gasteiger partial charge in [0.05, 0.1) is 12.6 Å². The smallest absolute Gasteiger partial charge is 0.356 e. The number of hydrogen-bond acceptors (Lipinski definition) is 8. The van der Waals surface area contributed by atoms with Crippen LogP contribution in [0.3, 0.4) is 0 Å². The van der Waals surface area contributed by atoms with Crippen molar-refractivity contribution in [3.63, 3.8) is 0 Å². The maximum Gasteiger partial charge on any atom is 0.356 e. The molecule has 35 heavy (non-hydrogen) atoms. The normalized spacial score (nSPS) is 14.9. The van der Waals surface area contributed by atoms with E-state index in [0.717, 1.165) is 4.57 Å². The number of aromatic nitrogens is 5. The Bertz CT molecular complexity index is 1410.